The van der Waals surface area contributed by atoms with E-state index in [2.05, 4.69) is 255 Å². The van der Waals surface area contributed by atoms with Crippen LogP contribution >= 0.6 is 0 Å². The fourth-order valence-electron chi connectivity index (χ4n) is 12.1. The molecule has 65 heavy (non-hydrogen) atoms. The third kappa shape index (κ3) is 5.27. The van der Waals surface area contributed by atoms with Crippen LogP contribution in [0.15, 0.2) is 237 Å². The summed E-state index contributed by atoms with van der Waals surface area (Å²) in [6, 6.07) is 88.4. The molecule has 1 nitrogen and oxygen atoms in total. The summed E-state index contributed by atoms with van der Waals surface area (Å²) in [6.45, 7) is 4.82. The van der Waals surface area contributed by atoms with Gasteiger partial charge in [-0.15, -0.1) is 0 Å². The van der Waals surface area contributed by atoms with E-state index in [0.717, 1.165) is 11.4 Å². The second kappa shape index (κ2) is 14.3. The van der Waals surface area contributed by atoms with Crippen molar-refractivity contribution in [3.63, 3.8) is 0 Å². The van der Waals surface area contributed by atoms with E-state index in [1.54, 1.807) is 0 Å². The summed E-state index contributed by atoms with van der Waals surface area (Å²) in [5, 5.41) is 0. The number of hydrogen-bond acceptors (Lipinski definition) is 1. The maximum absolute atomic E-state index is 2.61. The zero-order valence-electron chi connectivity index (χ0n) is 36.5. The van der Waals surface area contributed by atoms with Gasteiger partial charge in [-0.2, -0.15) is 0 Å². The van der Waals surface area contributed by atoms with Gasteiger partial charge in [0.15, 0.2) is 0 Å². The van der Waals surface area contributed by atoms with Crippen LogP contribution in [0.5, 0.6) is 0 Å². The maximum atomic E-state index is 2.61. The lowest BCUT2D eigenvalue weighted by atomic mass is 9.70. The Balaban J connectivity index is 1.16. The summed E-state index contributed by atoms with van der Waals surface area (Å²) in [7, 11) is 0. The molecule has 0 saturated carbocycles. The minimum absolute atomic E-state index is 0.266. The number of anilines is 3. The lowest BCUT2D eigenvalue weighted by molar-refractivity contribution is 0.661. The Morgan fingerprint density at radius 1 is 0.292 bits per heavy atom. The van der Waals surface area contributed by atoms with Gasteiger partial charge < -0.3 is 4.90 Å². The van der Waals surface area contributed by atoms with Gasteiger partial charge in [-0.1, -0.05) is 226 Å². The lowest BCUT2D eigenvalue weighted by Crippen LogP contribution is -2.26. The van der Waals surface area contributed by atoms with Crippen molar-refractivity contribution in [3.05, 3.63) is 270 Å². The van der Waals surface area contributed by atoms with Crippen LogP contribution in [-0.4, -0.2) is 0 Å². The molecule has 0 unspecified atom stereocenters. The summed E-state index contributed by atoms with van der Waals surface area (Å²) < 4.78 is 0. The number of rotatable bonds is 6. The van der Waals surface area contributed by atoms with Gasteiger partial charge in [0.1, 0.15) is 0 Å². The summed E-state index contributed by atoms with van der Waals surface area (Å²) in [6.07, 6.45) is 0. The van der Waals surface area contributed by atoms with E-state index in [1.807, 2.05) is 0 Å². The molecule has 0 atom stereocenters. The van der Waals surface area contributed by atoms with Crippen LogP contribution in [-0.2, 0) is 10.8 Å². The van der Waals surface area contributed by atoms with Crippen LogP contribution in [0, 0.1) is 0 Å². The average Bonchev–Trinajstić information content (AvgIpc) is 3.93. The fraction of sp³-hybridized carbons (Fsp3) is 0.0625. The number of fused-ring (bicyclic) bond motifs is 13. The molecule has 3 aliphatic rings. The molecule has 0 aromatic heterocycles. The van der Waals surface area contributed by atoms with Gasteiger partial charge in [0.2, 0.25) is 0 Å². The molecule has 13 rings (SSSR count). The molecular formula is C64H45N. The van der Waals surface area contributed by atoms with Crippen LogP contribution in [0.4, 0.5) is 17.1 Å². The molecule has 1 heteroatoms. The molecule has 0 saturated heterocycles. The number of hydrogen-bond donors (Lipinski definition) is 0. The first-order valence-corrected chi connectivity index (χ1v) is 22.9. The predicted octanol–water partition coefficient (Wildman–Crippen LogP) is 16.8. The van der Waals surface area contributed by atoms with Gasteiger partial charge in [-0.05, 0) is 119 Å². The minimum atomic E-state index is -0.483. The SMILES string of the molecule is CC1(C)c2ccccc2-c2cccc(N(c3ccc4c(c3)C3(c5ccccc5-c5ccccc53)c3ccccc3-4)c3cccc(-c4ccccc4)c3-c3ccccc3-c3ccccc3)c21. The number of benzene rings is 10. The number of nitrogens with zero attached hydrogens (tertiary/aromatic N) is 1. The molecule has 3 aliphatic carbocycles. The Bertz CT molecular complexity index is 3460. The normalized spacial score (nSPS) is 13.9. The molecular weight excluding hydrogens is 783 g/mol. The highest BCUT2D eigenvalue weighted by Gasteiger charge is 2.52. The molecule has 10 aromatic rings. The van der Waals surface area contributed by atoms with E-state index >= 15 is 0 Å². The van der Waals surface area contributed by atoms with Crippen molar-refractivity contribution < 1.29 is 0 Å². The summed E-state index contributed by atoms with van der Waals surface area (Å²) >= 11 is 0. The highest BCUT2D eigenvalue weighted by Crippen LogP contribution is 2.64. The van der Waals surface area contributed by atoms with Crippen molar-refractivity contribution in [2.75, 3.05) is 4.90 Å². The van der Waals surface area contributed by atoms with E-state index < -0.39 is 5.41 Å². The smallest absolute Gasteiger partial charge is 0.0726 e. The van der Waals surface area contributed by atoms with E-state index in [-0.39, 0.29) is 5.41 Å². The van der Waals surface area contributed by atoms with Crippen molar-refractivity contribution in [2.24, 2.45) is 0 Å². The van der Waals surface area contributed by atoms with E-state index in [4.69, 9.17) is 0 Å². The fourth-order valence-corrected chi connectivity index (χ4v) is 12.1. The molecule has 0 radical (unpaired) electrons. The van der Waals surface area contributed by atoms with Crippen molar-refractivity contribution >= 4 is 17.1 Å². The molecule has 0 bridgehead atoms. The minimum Gasteiger partial charge on any atom is -0.310 e. The van der Waals surface area contributed by atoms with Gasteiger partial charge in [0, 0.05) is 16.7 Å². The highest BCUT2D eigenvalue weighted by atomic mass is 15.1. The molecule has 0 aliphatic heterocycles. The lowest BCUT2D eigenvalue weighted by Gasteiger charge is -2.35. The Morgan fingerprint density at radius 2 is 0.708 bits per heavy atom. The third-order valence-corrected chi connectivity index (χ3v) is 14.7. The van der Waals surface area contributed by atoms with Crippen LogP contribution in [0.3, 0.4) is 0 Å². The van der Waals surface area contributed by atoms with Gasteiger partial charge in [0.05, 0.1) is 16.8 Å². The Hall–Kier alpha value is -8.00. The Labute approximate surface area is 381 Å². The van der Waals surface area contributed by atoms with Gasteiger partial charge in [-0.25, -0.2) is 0 Å². The molecule has 0 fully saturated rings. The van der Waals surface area contributed by atoms with Gasteiger partial charge in [-0.3, -0.25) is 0 Å². The van der Waals surface area contributed by atoms with Gasteiger partial charge in [0.25, 0.3) is 0 Å². The molecule has 0 heterocycles. The monoisotopic (exact) mass is 827 g/mol. The Morgan fingerprint density at radius 3 is 1.29 bits per heavy atom. The topological polar surface area (TPSA) is 3.24 Å². The van der Waals surface area contributed by atoms with Crippen LogP contribution in [0.2, 0.25) is 0 Å². The first-order valence-electron chi connectivity index (χ1n) is 22.9. The predicted molar refractivity (Wildman–Crippen MR) is 271 cm³/mol. The highest BCUT2D eigenvalue weighted by molar-refractivity contribution is 6.03. The zero-order chi connectivity index (χ0) is 43.3. The van der Waals surface area contributed by atoms with Crippen molar-refractivity contribution in [1.82, 2.24) is 0 Å². The molecule has 0 amide bonds. The van der Waals surface area contributed by atoms with Crippen LogP contribution in [0.25, 0.3) is 66.8 Å². The average molecular weight is 828 g/mol. The largest absolute Gasteiger partial charge is 0.310 e. The first-order chi connectivity index (χ1) is 32.0. The first kappa shape index (κ1) is 37.5. The molecule has 0 N–H and O–H groups in total. The van der Waals surface area contributed by atoms with Crippen molar-refractivity contribution in [2.45, 2.75) is 24.7 Å². The van der Waals surface area contributed by atoms with Crippen molar-refractivity contribution in [1.29, 1.82) is 0 Å². The van der Waals surface area contributed by atoms with Gasteiger partial charge >= 0.3 is 0 Å². The summed E-state index contributed by atoms with van der Waals surface area (Å²) in [5.41, 5.74) is 25.7. The molecule has 306 valence electrons. The summed E-state index contributed by atoms with van der Waals surface area (Å²) in [4.78, 5) is 2.61. The van der Waals surface area contributed by atoms with Crippen LogP contribution < -0.4 is 4.90 Å². The van der Waals surface area contributed by atoms with E-state index in [1.165, 1.54) is 106 Å². The van der Waals surface area contributed by atoms with Crippen LogP contribution in [0.1, 0.15) is 47.2 Å². The second-order valence-corrected chi connectivity index (χ2v) is 18.3. The van der Waals surface area contributed by atoms with Crippen molar-refractivity contribution in [3.8, 4) is 66.8 Å². The second-order valence-electron chi connectivity index (χ2n) is 18.3. The van der Waals surface area contributed by atoms with E-state index in [0.29, 0.717) is 0 Å². The Kier molecular flexibility index (Phi) is 8.24. The molecule has 1 spiro atoms. The summed E-state index contributed by atoms with van der Waals surface area (Å²) in [5.74, 6) is 0. The molecule has 10 aromatic carbocycles. The third-order valence-electron chi connectivity index (χ3n) is 14.7. The quantitative estimate of drug-likeness (QED) is 0.161. The maximum Gasteiger partial charge on any atom is 0.0726 e. The zero-order valence-corrected chi connectivity index (χ0v) is 36.5. The standard InChI is InChI=1S/C64H45N/c1-63(2)54-33-15-11-29-50(54)53-32-20-38-60(62(53)63)65(59-37-19-31-46(43-23-7-4-8-24-43)61(59)52-30-10-9-25-45(52)42-21-5-3-6-22-42)44-39-40-51-49-28-14-18-36-57(49)64(58(51)41-44)55-34-16-12-26-47(55)48-27-13-17-35-56(48)64/h3-41H,1-2H3. The van der Waals surface area contributed by atoms with E-state index in [9.17, 15) is 0 Å².